The first kappa shape index (κ1) is 16.2. The van der Waals surface area contributed by atoms with Crippen LogP contribution in [0.25, 0.3) is 22.0 Å². The second-order valence-corrected chi connectivity index (χ2v) is 6.85. The lowest BCUT2D eigenvalue weighted by atomic mass is 9.90. The number of hydrogen-bond donors (Lipinski definition) is 0. The summed E-state index contributed by atoms with van der Waals surface area (Å²) >= 11 is 0. The molecule has 0 radical (unpaired) electrons. The van der Waals surface area contributed by atoms with Gasteiger partial charge >= 0.3 is 0 Å². The van der Waals surface area contributed by atoms with E-state index in [1.54, 1.807) is 6.07 Å². The number of nitrogens with zero attached hydrogens (tertiary/aromatic N) is 2. The highest BCUT2D eigenvalue weighted by Crippen LogP contribution is 2.41. The molecule has 0 N–H and O–H groups in total. The molecule has 130 valence electrons. The second-order valence-electron chi connectivity index (χ2n) is 6.85. The third-order valence-corrected chi connectivity index (χ3v) is 5.20. The molecular weight excluding hydrogens is 322 g/mol. The van der Waals surface area contributed by atoms with Crippen LogP contribution in [0, 0.1) is 13.8 Å². The van der Waals surface area contributed by atoms with E-state index in [1.807, 2.05) is 19.9 Å². The zero-order chi connectivity index (χ0) is 17.6. The van der Waals surface area contributed by atoms with Gasteiger partial charge in [0.05, 0.1) is 11.2 Å². The summed E-state index contributed by atoms with van der Waals surface area (Å²) in [4.78, 5) is 4.24. The maximum atomic E-state index is 13.1. The number of pyridine rings is 1. The molecule has 5 heteroatoms. The fraction of sp³-hybridized carbons (Fsp3) is 0.400. The zero-order valence-corrected chi connectivity index (χ0v) is 14.4. The summed E-state index contributed by atoms with van der Waals surface area (Å²) < 4.78 is 31.5. The Labute approximate surface area is 145 Å². The van der Waals surface area contributed by atoms with Gasteiger partial charge in [0.1, 0.15) is 11.5 Å². The van der Waals surface area contributed by atoms with Crippen LogP contribution in [-0.4, -0.2) is 10.1 Å². The Balaban J connectivity index is 1.97. The van der Waals surface area contributed by atoms with Gasteiger partial charge in [-0.1, -0.05) is 24.1 Å². The number of aryl methyl sites for hydroxylation is 2. The van der Waals surface area contributed by atoms with Crippen LogP contribution in [0.15, 0.2) is 28.8 Å². The molecule has 2 heterocycles. The highest BCUT2D eigenvalue weighted by atomic mass is 19.3. The highest BCUT2D eigenvalue weighted by molar-refractivity contribution is 5.89. The number of rotatable bonds is 3. The lowest BCUT2D eigenvalue weighted by molar-refractivity contribution is 0.146. The fourth-order valence-corrected chi connectivity index (χ4v) is 4.01. The van der Waals surface area contributed by atoms with Gasteiger partial charge in [-0.15, -0.1) is 0 Å². The predicted molar refractivity (Wildman–Crippen MR) is 92.9 cm³/mol. The van der Waals surface area contributed by atoms with Crippen LogP contribution in [0.3, 0.4) is 0 Å². The Morgan fingerprint density at radius 1 is 1.12 bits per heavy atom. The minimum Gasteiger partial charge on any atom is -0.361 e. The van der Waals surface area contributed by atoms with Gasteiger partial charge in [-0.3, -0.25) is 0 Å². The van der Waals surface area contributed by atoms with Gasteiger partial charge in [0.15, 0.2) is 0 Å². The Hall–Kier alpha value is -2.30. The average Bonchev–Trinajstić information content (AvgIpc) is 3.23. The van der Waals surface area contributed by atoms with Crippen molar-refractivity contribution < 1.29 is 13.3 Å². The van der Waals surface area contributed by atoms with Crippen LogP contribution in [0.4, 0.5) is 8.78 Å². The van der Waals surface area contributed by atoms with E-state index in [4.69, 9.17) is 4.52 Å². The Kier molecular flexibility index (Phi) is 4.02. The summed E-state index contributed by atoms with van der Waals surface area (Å²) in [5, 5.41) is 5.01. The smallest absolute Gasteiger partial charge is 0.280 e. The summed E-state index contributed by atoms with van der Waals surface area (Å²) in [6.45, 7) is 3.77. The van der Waals surface area contributed by atoms with Gasteiger partial charge in [-0.2, -0.15) is 0 Å². The maximum absolute atomic E-state index is 13.1. The Morgan fingerprint density at radius 3 is 2.52 bits per heavy atom. The van der Waals surface area contributed by atoms with Gasteiger partial charge in [-0.25, -0.2) is 13.8 Å². The number of halogens is 2. The summed E-state index contributed by atoms with van der Waals surface area (Å²) in [5.74, 6) is 1.20. The molecule has 1 aliphatic rings. The van der Waals surface area contributed by atoms with Crippen LogP contribution in [0.5, 0.6) is 0 Å². The minimum atomic E-state index is -2.57. The molecule has 0 spiro atoms. The summed E-state index contributed by atoms with van der Waals surface area (Å²) in [5.41, 5.74) is 4.34. The molecule has 0 amide bonds. The van der Waals surface area contributed by atoms with Crippen molar-refractivity contribution in [2.75, 3.05) is 0 Å². The average molecular weight is 342 g/mol. The van der Waals surface area contributed by atoms with E-state index < -0.39 is 6.43 Å². The van der Waals surface area contributed by atoms with Crippen molar-refractivity contribution in [3.8, 4) is 11.1 Å². The van der Waals surface area contributed by atoms with E-state index >= 15 is 0 Å². The van der Waals surface area contributed by atoms with Crippen LogP contribution < -0.4 is 0 Å². The first-order valence-electron chi connectivity index (χ1n) is 8.70. The lowest BCUT2D eigenvalue weighted by Gasteiger charge is -2.16. The molecule has 2 aromatic heterocycles. The molecule has 3 aromatic rings. The van der Waals surface area contributed by atoms with Gasteiger partial charge in [-0.05, 0) is 61.9 Å². The zero-order valence-electron chi connectivity index (χ0n) is 14.4. The Morgan fingerprint density at radius 2 is 1.88 bits per heavy atom. The van der Waals surface area contributed by atoms with Gasteiger partial charge in [0.2, 0.25) is 0 Å². The fourth-order valence-electron chi connectivity index (χ4n) is 4.01. The van der Waals surface area contributed by atoms with Gasteiger partial charge in [0, 0.05) is 10.9 Å². The third-order valence-electron chi connectivity index (χ3n) is 5.20. The summed E-state index contributed by atoms with van der Waals surface area (Å²) in [6.07, 6.45) is 2.13. The summed E-state index contributed by atoms with van der Waals surface area (Å²) in [6, 6.07) is 7.30. The standard InChI is InChI=1S/C20H20F2N2O/c1-11-19(12(2)25-24-11)14-9-16(13-5-3-4-6-13)15-7-8-17(20(21)22)23-18(15)10-14/h7-10,13,20H,3-6H2,1-2H3. The molecule has 1 saturated carbocycles. The molecule has 0 atom stereocenters. The monoisotopic (exact) mass is 342 g/mol. The number of alkyl halides is 2. The molecule has 0 bridgehead atoms. The SMILES string of the molecule is Cc1noc(C)c1-c1cc(C2CCCC2)c2ccc(C(F)F)nc2c1. The first-order valence-corrected chi connectivity index (χ1v) is 8.70. The van der Waals surface area contributed by atoms with E-state index in [-0.39, 0.29) is 5.69 Å². The first-order chi connectivity index (χ1) is 12.0. The second kappa shape index (κ2) is 6.21. The topological polar surface area (TPSA) is 38.9 Å². The van der Waals surface area contributed by atoms with Crippen LogP contribution in [-0.2, 0) is 0 Å². The van der Waals surface area contributed by atoms with E-state index in [0.29, 0.717) is 11.4 Å². The van der Waals surface area contributed by atoms with Gasteiger partial charge < -0.3 is 4.52 Å². The van der Waals surface area contributed by atoms with Gasteiger partial charge in [0.25, 0.3) is 6.43 Å². The predicted octanol–water partition coefficient (Wildman–Crippen LogP) is 6.10. The van der Waals surface area contributed by atoms with Crippen molar-refractivity contribution in [1.29, 1.82) is 0 Å². The number of benzene rings is 1. The van der Waals surface area contributed by atoms with Crippen molar-refractivity contribution in [2.45, 2.75) is 51.9 Å². The number of aromatic nitrogens is 2. The molecule has 1 aliphatic carbocycles. The van der Waals surface area contributed by atoms with E-state index in [0.717, 1.165) is 40.8 Å². The molecule has 1 aromatic carbocycles. The van der Waals surface area contributed by atoms with Crippen LogP contribution in [0.2, 0.25) is 0 Å². The van der Waals surface area contributed by atoms with E-state index in [1.165, 1.54) is 24.5 Å². The number of fused-ring (bicyclic) bond motifs is 1. The highest BCUT2D eigenvalue weighted by Gasteiger charge is 2.23. The third kappa shape index (κ3) is 2.81. The lowest BCUT2D eigenvalue weighted by Crippen LogP contribution is -1.99. The molecular formula is C20H20F2N2O. The van der Waals surface area contributed by atoms with Crippen molar-refractivity contribution >= 4 is 10.9 Å². The quantitative estimate of drug-likeness (QED) is 0.577. The van der Waals surface area contributed by atoms with E-state index in [9.17, 15) is 8.78 Å². The van der Waals surface area contributed by atoms with E-state index in [2.05, 4.69) is 16.2 Å². The summed E-state index contributed by atoms with van der Waals surface area (Å²) in [7, 11) is 0. The largest absolute Gasteiger partial charge is 0.361 e. The maximum Gasteiger partial charge on any atom is 0.280 e. The molecule has 3 nitrogen and oxygen atoms in total. The molecule has 25 heavy (non-hydrogen) atoms. The molecule has 0 unspecified atom stereocenters. The molecule has 0 aliphatic heterocycles. The number of hydrogen-bond acceptors (Lipinski definition) is 3. The molecule has 0 saturated heterocycles. The minimum absolute atomic E-state index is 0.180. The Bertz CT molecular complexity index is 907. The van der Waals surface area contributed by atoms with Crippen LogP contribution in [0.1, 0.15) is 60.7 Å². The van der Waals surface area contributed by atoms with Crippen molar-refractivity contribution in [3.63, 3.8) is 0 Å². The normalized spacial score (nSPS) is 15.6. The molecule has 4 rings (SSSR count). The molecule has 1 fully saturated rings. The van der Waals surface area contributed by atoms with Crippen molar-refractivity contribution in [2.24, 2.45) is 0 Å². The van der Waals surface area contributed by atoms with Crippen molar-refractivity contribution in [1.82, 2.24) is 10.1 Å². The van der Waals surface area contributed by atoms with Crippen LogP contribution >= 0.6 is 0 Å². The van der Waals surface area contributed by atoms with Crippen molar-refractivity contribution in [3.05, 3.63) is 47.0 Å².